The molecular weight excluding hydrogens is 327 g/mol. The summed E-state index contributed by atoms with van der Waals surface area (Å²) in [5, 5.41) is 2.45. The van der Waals surface area contributed by atoms with Crippen molar-refractivity contribution in [3.05, 3.63) is 65.5 Å². The average molecular weight is 344 g/mol. The van der Waals surface area contributed by atoms with Gasteiger partial charge in [0.2, 0.25) is 11.8 Å². The zero-order valence-electron chi connectivity index (χ0n) is 13.2. The number of aryl methyl sites for hydroxylation is 1. The molecular formula is C18H17FN2O2S. The summed E-state index contributed by atoms with van der Waals surface area (Å²) < 4.78 is 13.4. The maximum atomic E-state index is 13.4. The predicted molar refractivity (Wildman–Crippen MR) is 93.1 cm³/mol. The molecule has 0 aliphatic carbocycles. The van der Waals surface area contributed by atoms with Crippen molar-refractivity contribution in [3.63, 3.8) is 0 Å². The van der Waals surface area contributed by atoms with Gasteiger partial charge < -0.3 is 10.2 Å². The largest absolute Gasteiger partial charge is 0.325 e. The fraction of sp³-hybridized carbons (Fsp3) is 0.222. The molecule has 1 atom stereocenters. The molecule has 1 N–H and O–H groups in total. The third-order valence-electron chi connectivity index (χ3n) is 3.75. The number of amides is 2. The van der Waals surface area contributed by atoms with Gasteiger partial charge in [0.25, 0.3) is 0 Å². The molecule has 2 aromatic rings. The maximum absolute atomic E-state index is 13.4. The Kier molecular flexibility index (Phi) is 4.85. The van der Waals surface area contributed by atoms with E-state index in [-0.39, 0.29) is 29.6 Å². The summed E-state index contributed by atoms with van der Waals surface area (Å²) in [6, 6.07) is 13.6. The number of carbonyl (C=O) groups is 2. The van der Waals surface area contributed by atoms with Crippen LogP contribution in [0.25, 0.3) is 0 Å². The number of benzene rings is 2. The Labute approximate surface area is 144 Å². The zero-order valence-corrected chi connectivity index (χ0v) is 14.0. The smallest absolute Gasteiger partial charge is 0.244 e. The minimum atomic E-state index is -0.350. The second-order valence-corrected chi connectivity index (χ2v) is 6.72. The summed E-state index contributed by atoms with van der Waals surface area (Å²) in [7, 11) is 0. The Morgan fingerprint density at radius 1 is 1.29 bits per heavy atom. The van der Waals surface area contributed by atoms with E-state index in [9.17, 15) is 14.0 Å². The summed E-state index contributed by atoms with van der Waals surface area (Å²) >= 11 is 1.40. The molecule has 1 heterocycles. The minimum Gasteiger partial charge on any atom is -0.325 e. The number of nitrogens with one attached hydrogen (secondary N) is 1. The molecule has 1 aliphatic rings. The van der Waals surface area contributed by atoms with Crippen LogP contribution in [0.15, 0.2) is 48.5 Å². The van der Waals surface area contributed by atoms with Crippen LogP contribution in [-0.4, -0.2) is 29.0 Å². The number of rotatable bonds is 4. The molecule has 2 aromatic carbocycles. The van der Waals surface area contributed by atoms with E-state index in [1.807, 2.05) is 31.2 Å². The van der Waals surface area contributed by atoms with E-state index in [0.717, 1.165) is 5.56 Å². The molecule has 1 saturated heterocycles. The van der Waals surface area contributed by atoms with E-state index in [1.54, 1.807) is 12.1 Å². The summed E-state index contributed by atoms with van der Waals surface area (Å²) in [4.78, 5) is 25.9. The molecule has 0 aromatic heterocycles. The third kappa shape index (κ3) is 3.76. The second kappa shape index (κ2) is 7.05. The van der Waals surface area contributed by atoms with Crippen molar-refractivity contribution in [3.8, 4) is 0 Å². The predicted octanol–water partition coefficient (Wildman–Crippen LogP) is 3.35. The van der Waals surface area contributed by atoms with E-state index in [4.69, 9.17) is 0 Å². The molecule has 0 spiro atoms. The van der Waals surface area contributed by atoms with Gasteiger partial charge in [-0.25, -0.2) is 4.39 Å². The number of hydrogen-bond donors (Lipinski definition) is 1. The third-order valence-corrected chi connectivity index (χ3v) is 5.01. The molecule has 3 rings (SSSR count). The molecule has 4 nitrogen and oxygen atoms in total. The fourth-order valence-corrected chi connectivity index (χ4v) is 3.73. The highest BCUT2D eigenvalue weighted by Crippen LogP contribution is 2.38. The van der Waals surface area contributed by atoms with Crippen LogP contribution in [-0.2, 0) is 9.59 Å². The van der Waals surface area contributed by atoms with Gasteiger partial charge in [0.1, 0.15) is 17.7 Å². The van der Waals surface area contributed by atoms with E-state index >= 15 is 0 Å². The summed E-state index contributed by atoms with van der Waals surface area (Å²) in [6.07, 6.45) is 0. The first-order valence-electron chi connectivity index (χ1n) is 7.56. The lowest BCUT2D eigenvalue weighted by Gasteiger charge is -2.23. The molecule has 6 heteroatoms. The Morgan fingerprint density at radius 2 is 2.04 bits per heavy atom. The standard InChI is InChI=1S/C18H17FN2O2S/c1-12-5-7-15(8-6-12)20-16(22)10-21-17(23)11-24-18(21)13-3-2-4-14(19)9-13/h2-9,18H,10-11H2,1H3,(H,20,22)/t18-/m1/s1. The lowest BCUT2D eigenvalue weighted by atomic mass is 10.2. The van der Waals surface area contributed by atoms with Crippen LogP contribution < -0.4 is 5.32 Å². The Hall–Kier alpha value is -2.34. The van der Waals surface area contributed by atoms with Gasteiger partial charge in [0.15, 0.2) is 0 Å². The Bertz CT molecular complexity index is 764. The highest BCUT2D eigenvalue weighted by molar-refractivity contribution is 8.00. The summed E-state index contributed by atoms with van der Waals surface area (Å²) in [5.74, 6) is -0.445. The van der Waals surface area contributed by atoms with Gasteiger partial charge in [-0.3, -0.25) is 9.59 Å². The van der Waals surface area contributed by atoms with Crippen molar-refractivity contribution in [2.75, 3.05) is 17.6 Å². The van der Waals surface area contributed by atoms with Crippen LogP contribution in [0.2, 0.25) is 0 Å². The van der Waals surface area contributed by atoms with E-state index < -0.39 is 0 Å². The van der Waals surface area contributed by atoms with Gasteiger partial charge in [-0.2, -0.15) is 0 Å². The van der Waals surface area contributed by atoms with Crippen LogP contribution in [0.3, 0.4) is 0 Å². The van der Waals surface area contributed by atoms with Crippen molar-refractivity contribution >= 4 is 29.3 Å². The topological polar surface area (TPSA) is 49.4 Å². The molecule has 1 aliphatic heterocycles. The molecule has 2 amide bonds. The van der Waals surface area contributed by atoms with Crippen molar-refractivity contribution in [2.45, 2.75) is 12.3 Å². The number of nitrogens with zero attached hydrogens (tertiary/aromatic N) is 1. The molecule has 0 unspecified atom stereocenters. The molecule has 0 saturated carbocycles. The van der Waals surface area contributed by atoms with E-state index in [0.29, 0.717) is 17.0 Å². The summed E-state index contributed by atoms with van der Waals surface area (Å²) in [6.45, 7) is 1.91. The number of halogens is 1. The van der Waals surface area contributed by atoms with Crippen molar-refractivity contribution in [2.24, 2.45) is 0 Å². The zero-order chi connectivity index (χ0) is 17.1. The van der Waals surface area contributed by atoms with Crippen molar-refractivity contribution < 1.29 is 14.0 Å². The summed E-state index contributed by atoms with van der Waals surface area (Å²) in [5.41, 5.74) is 2.48. The van der Waals surface area contributed by atoms with Gasteiger partial charge in [0.05, 0.1) is 5.75 Å². The molecule has 0 radical (unpaired) electrons. The van der Waals surface area contributed by atoms with Crippen LogP contribution in [0.5, 0.6) is 0 Å². The van der Waals surface area contributed by atoms with E-state index in [1.165, 1.54) is 28.8 Å². The van der Waals surface area contributed by atoms with Crippen LogP contribution in [0, 0.1) is 12.7 Å². The first-order valence-corrected chi connectivity index (χ1v) is 8.61. The number of anilines is 1. The lowest BCUT2D eigenvalue weighted by molar-refractivity contribution is -0.132. The van der Waals surface area contributed by atoms with Crippen LogP contribution >= 0.6 is 11.8 Å². The molecule has 1 fully saturated rings. The van der Waals surface area contributed by atoms with Gasteiger partial charge in [-0.15, -0.1) is 11.8 Å². The van der Waals surface area contributed by atoms with Gasteiger partial charge in [0, 0.05) is 5.69 Å². The van der Waals surface area contributed by atoms with Gasteiger partial charge >= 0.3 is 0 Å². The lowest BCUT2D eigenvalue weighted by Crippen LogP contribution is -2.36. The highest BCUT2D eigenvalue weighted by Gasteiger charge is 2.34. The monoisotopic (exact) mass is 344 g/mol. The van der Waals surface area contributed by atoms with Crippen LogP contribution in [0.1, 0.15) is 16.5 Å². The SMILES string of the molecule is Cc1ccc(NC(=O)CN2C(=O)CS[C@@H]2c2cccc(F)c2)cc1. The first-order chi connectivity index (χ1) is 11.5. The molecule has 0 bridgehead atoms. The molecule has 24 heavy (non-hydrogen) atoms. The average Bonchev–Trinajstić information content (AvgIpc) is 2.90. The van der Waals surface area contributed by atoms with Gasteiger partial charge in [-0.05, 0) is 36.8 Å². The van der Waals surface area contributed by atoms with Crippen LogP contribution in [0.4, 0.5) is 10.1 Å². The number of carbonyl (C=O) groups excluding carboxylic acids is 2. The van der Waals surface area contributed by atoms with E-state index in [2.05, 4.69) is 5.32 Å². The number of hydrogen-bond acceptors (Lipinski definition) is 3. The highest BCUT2D eigenvalue weighted by atomic mass is 32.2. The Balaban J connectivity index is 1.70. The molecule has 124 valence electrons. The Morgan fingerprint density at radius 3 is 2.75 bits per heavy atom. The maximum Gasteiger partial charge on any atom is 0.244 e. The fourth-order valence-electron chi connectivity index (χ4n) is 2.55. The number of thioether (sulfide) groups is 1. The second-order valence-electron chi connectivity index (χ2n) is 5.65. The first kappa shape index (κ1) is 16.5. The quantitative estimate of drug-likeness (QED) is 0.925. The van der Waals surface area contributed by atoms with Gasteiger partial charge in [-0.1, -0.05) is 29.8 Å². The minimum absolute atomic E-state index is 0.0547. The normalized spacial score (nSPS) is 17.2. The van der Waals surface area contributed by atoms with Crippen molar-refractivity contribution in [1.82, 2.24) is 4.90 Å². The van der Waals surface area contributed by atoms with Crippen molar-refractivity contribution in [1.29, 1.82) is 0 Å².